The second kappa shape index (κ2) is 6.68. The first kappa shape index (κ1) is 17.2. The smallest absolute Gasteiger partial charge is 0.335 e. The minimum atomic E-state index is -1.72. The average molecular weight is 354 g/mol. The fraction of sp³-hybridized carbons (Fsp3) is 0.500. The highest BCUT2D eigenvalue weighted by Gasteiger charge is 2.42. The van der Waals surface area contributed by atoms with Crippen molar-refractivity contribution in [2.45, 2.75) is 36.9 Å². The predicted molar refractivity (Wildman–Crippen MR) is 87.3 cm³/mol. The quantitative estimate of drug-likeness (QED) is 0.637. The largest absolute Gasteiger partial charge is 0.479 e. The molecule has 2 unspecified atom stereocenters. The number of likely N-dealkylation sites (tertiary alicyclic amines) is 1. The lowest BCUT2D eigenvalue weighted by Gasteiger charge is -2.36. The first-order chi connectivity index (χ1) is 11.4. The van der Waals surface area contributed by atoms with E-state index >= 15 is 0 Å². The lowest BCUT2D eigenvalue weighted by Crippen LogP contribution is -2.54. The Labute approximate surface area is 144 Å². The Morgan fingerprint density at radius 1 is 1.21 bits per heavy atom. The van der Waals surface area contributed by atoms with Gasteiger partial charge >= 0.3 is 5.97 Å². The van der Waals surface area contributed by atoms with Crippen LogP contribution in [0.5, 0.6) is 0 Å². The highest BCUT2D eigenvalue weighted by Crippen LogP contribution is 2.29. The second-order valence-corrected chi connectivity index (χ2v) is 6.72. The van der Waals surface area contributed by atoms with E-state index in [1.165, 1.54) is 0 Å². The second-order valence-electron chi connectivity index (χ2n) is 6.31. The maximum atomic E-state index is 12.6. The Kier molecular flexibility index (Phi) is 4.78. The minimum Gasteiger partial charge on any atom is -0.479 e. The molecule has 7 nitrogen and oxygen atoms in total. The van der Waals surface area contributed by atoms with Crippen molar-refractivity contribution < 1.29 is 19.8 Å². The van der Waals surface area contributed by atoms with Crippen molar-refractivity contribution in [3.05, 3.63) is 34.9 Å². The van der Waals surface area contributed by atoms with Crippen LogP contribution < -0.4 is 10.9 Å². The van der Waals surface area contributed by atoms with Gasteiger partial charge in [-0.2, -0.15) is 0 Å². The molecule has 2 aliphatic rings. The number of hydrogen-bond acceptors (Lipinski definition) is 5. The van der Waals surface area contributed by atoms with Crippen molar-refractivity contribution in [2.75, 3.05) is 13.1 Å². The summed E-state index contributed by atoms with van der Waals surface area (Å²) in [4.78, 5) is 25.3. The van der Waals surface area contributed by atoms with E-state index in [1.54, 1.807) is 4.90 Å². The van der Waals surface area contributed by atoms with E-state index in [0.717, 1.165) is 5.56 Å². The van der Waals surface area contributed by atoms with Gasteiger partial charge in [-0.25, -0.2) is 15.6 Å². The molecule has 0 spiro atoms. The average Bonchev–Trinajstić information content (AvgIpc) is 3.05. The van der Waals surface area contributed by atoms with E-state index in [0.29, 0.717) is 11.4 Å². The molecule has 2 aliphatic heterocycles. The minimum absolute atomic E-state index is 0.0438. The van der Waals surface area contributed by atoms with Crippen molar-refractivity contribution in [3.63, 3.8) is 0 Å². The summed E-state index contributed by atoms with van der Waals surface area (Å²) in [5, 5.41) is 19.6. The van der Waals surface area contributed by atoms with E-state index < -0.39 is 17.6 Å². The van der Waals surface area contributed by atoms with Gasteiger partial charge in [-0.3, -0.25) is 4.79 Å². The Morgan fingerprint density at radius 2 is 1.88 bits per heavy atom. The number of carbonyl (C=O) groups is 2. The molecule has 2 heterocycles. The topological polar surface area (TPSA) is 102 Å². The predicted octanol–water partition coefficient (Wildman–Crippen LogP) is 0.686. The number of nitrogens with one attached hydrogen (secondary N) is 2. The number of rotatable bonds is 3. The summed E-state index contributed by atoms with van der Waals surface area (Å²) < 4.78 is 0. The molecule has 0 saturated carbocycles. The number of nitrogens with zero attached hydrogens (tertiary/aromatic N) is 1. The lowest BCUT2D eigenvalue weighted by molar-refractivity contribution is -0.165. The standard InChI is InChI=1S/C16H20ClN3O4/c17-11-4-2-1-3-10(11)12-9-13(19-18-12)14(21)20-7-5-16(24,6-8-20)15(22)23/h1-4,12-13,18-19,24H,5-9H2,(H,22,23). The lowest BCUT2D eigenvalue weighted by atomic mass is 9.91. The number of piperidine rings is 1. The Bertz CT molecular complexity index is 646. The fourth-order valence-electron chi connectivity index (χ4n) is 3.21. The first-order valence-corrected chi connectivity index (χ1v) is 8.28. The van der Waals surface area contributed by atoms with Crippen molar-refractivity contribution in [1.29, 1.82) is 0 Å². The first-order valence-electron chi connectivity index (χ1n) is 7.91. The van der Waals surface area contributed by atoms with E-state index in [-0.39, 0.29) is 37.9 Å². The molecular formula is C16H20ClN3O4. The molecule has 1 aromatic rings. The van der Waals surface area contributed by atoms with Crippen molar-refractivity contribution >= 4 is 23.5 Å². The molecule has 0 aliphatic carbocycles. The molecule has 2 atom stereocenters. The van der Waals surface area contributed by atoms with Gasteiger partial charge in [-0.15, -0.1) is 0 Å². The third kappa shape index (κ3) is 3.25. The molecule has 2 saturated heterocycles. The van der Waals surface area contributed by atoms with Gasteiger partial charge in [0, 0.05) is 37.0 Å². The van der Waals surface area contributed by atoms with Gasteiger partial charge in [0.2, 0.25) is 5.91 Å². The maximum absolute atomic E-state index is 12.6. The van der Waals surface area contributed by atoms with Crippen LogP contribution in [-0.2, 0) is 9.59 Å². The number of halogens is 1. The molecular weight excluding hydrogens is 334 g/mol. The normalized spacial score (nSPS) is 26.3. The van der Waals surface area contributed by atoms with Crippen LogP contribution in [0, 0.1) is 0 Å². The third-order valence-electron chi connectivity index (χ3n) is 4.78. The summed E-state index contributed by atoms with van der Waals surface area (Å²) in [5.74, 6) is -1.32. The van der Waals surface area contributed by atoms with Gasteiger partial charge in [-0.1, -0.05) is 29.8 Å². The highest BCUT2D eigenvalue weighted by atomic mass is 35.5. The van der Waals surface area contributed by atoms with Crippen LogP contribution in [0.25, 0.3) is 0 Å². The SMILES string of the molecule is O=C(C1CC(c2ccccc2Cl)NN1)N1CCC(O)(C(=O)O)CC1. The van der Waals surface area contributed by atoms with Crippen molar-refractivity contribution in [2.24, 2.45) is 0 Å². The molecule has 4 N–H and O–H groups in total. The van der Waals surface area contributed by atoms with Crippen LogP contribution in [0.2, 0.25) is 5.02 Å². The Morgan fingerprint density at radius 3 is 2.50 bits per heavy atom. The van der Waals surface area contributed by atoms with E-state index in [1.807, 2.05) is 24.3 Å². The van der Waals surface area contributed by atoms with Gasteiger partial charge in [-0.05, 0) is 18.1 Å². The summed E-state index contributed by atoms with van der Waals surface area (Å²) in [7, 11) is 0. The number of hydrogen-bond donors (Lipinski definition) is 4. The van der Waals surface area contributed by atoms with Crippen molar-refractivity contribution in [3.8, 4) is 0 Å². The van der Waals surface area contributed by atoms with Gasteiger partial charge in [0.15, 0.2) is 5.60 Å². The van der Waals surface area contributed by atoms with Gasteiger partial charge in [0.1, 0.15) is 6.04 Å². The monoisotopic (exact) mass is 353 g/mol. The molecule has 0 bridgehead atoms. The van der Waals surface area contributed by atoms with Crippen LogP contribution in [0.1, 0.15) is 30.9 Å². The fourth-order valence-corrected chi connectivity index (χ4v) is 3.48. The zero-order chi connectivity index (χ0) is 17.3. The van der Waals surface area contributed by atoms with Crippen LogP contribution >= 0.6 is 11.6 Å². The van der Waals surface area contributed by atoms with E-state index in [2.05, 4.69) is 10.9 Å². The highest BCUT2D eigenvalue weighted by molar-refractivity contribution is 6.31. The zero-order valence-corrected chi connectivity index (χ0v) is 13.8. The number of carboxylic acids is 1. The molecule has 0 radical (unpaired) electrons. The van der Waals surface area contributed by atoms with Crippen LogP contribution in [-0.4, -0.2) is 51.7 Å². The van der Waals surface area contributed by atoms with Crippen LogP contribution in [0.3, 0.4) is 0 Å². The summed E-state index contributed by atoms with van der Waals surface area (Å²) >= 11 is 6.19. The summed E-state index contributed by atoms with van der Waals surface area (Å²) in [6.07, 6.45) is 0.645. The molecule has 24 heavy (non-hydrogen) atoms. The number of aliphatic hydroxyl groups is 1. The summed E-state index contributed by atoms with van der Waals surface area (Å²) in [6.45, 7) is 0.465. The maximum Gasteiger partial charge on any atom is 0.335 e. The molecule has 1 aromatic carbocycles. The van der Waals surface area contributed by atoms with Gasteiger partial charge in [0.25, 0.3) is 0 Å². The number of aliphatic carboxylic acids is 1. The van der Waals surface area contributed by atoms with Gasteiger partial charge < -0.3 is 15.1 Å². The van der Waals surface area contributed by atoms with Crippen molar-refractivity contribution in [1.82, 2.24) is 15.8 Å². The number of carbonyl (C=O) groups excluding carboxylic acids is 1. The molecule has 130 valence electrons. The summed E-state index contributed by atoms with van der Waals surface area (Å²) in [5.41, 5.74) is 5.29. The Balaban J connectivity index is 1.60. The molecule has 1 amide bonds. The zero-order valence-electron chi connectivity index (χ0n) is 13.0. The third-order valence-corrected chi connectivity index (χ3v) is 5.13. The van der Waals surface area contributed by atoms with E-state index in [9.17, 15) is 14.7 Å². The number of hydrazine groups is 1. The van der Waals surface area contributed by atoms with Crippen LogP contribution in [0.15, 0.2) is 24.3 Å². The van der Waals surface area contributed by atoms with Gasteiger partial charge in [0.05, 0.1) is 0 Å². The Hall–Kier alpha value is -1.67. The molecule has 0 aromatic heterocycles. The summed E-state index contributed by atoms with van der Waals surface area (Å²) in [6, 6.07) is 7.02. The number of carboxylic acid groups (broad SMARTS) is 1. The molecule has 8 heteroatoms. The number of amides is 1. The molecule has 2 fully saturated rings. The van der Waals surface area contributed by atoms with E-state index in [4.69, 9.17) is 16.7 Å². The molecule has 3 rings (SSSR count). The van der Waals surface area contributed by atoms with Crippen LogP contribution in [0.4, 0.5) is 0 Å². The number of benzene rings is 1.